The summed E-state index contributed by atoms with van der Waals surface area (Å²) in [6.45, 7) is 0.0480. The van der Waals surface area contributed by atoms with E-state index in [0.717, 1.165) is 29.7 Å². The molecule has 0 saturated heterocycles. The molecule has 21 heavy (non-hydrogen) atoms. The maximum atomic E-state index is 9.55. The summed E-state index contributed by atoms with van der Waals surface area (Å²) in [5.41, 5.74) is 2.66. The van der Waals surface area contributed by atoms with Crippen LogP contribution in [-0.2, 0) is 12.0 Å². The fourth-order valence-corrected chi connectivity index (χ4v) is 3.03. The van der Waals surface area contributed by atoms with E-state index in [1.165, 1.54) is 0 Å². The molecule has 0 spiro atoms. The number of anilines is 1. The van der Waals surface area contributed by atoms with Crippen LogP contribution in [0.3, 0.4) is 0 Å². The van der Waals surface area contributed by atoms with Crippen molar-refractivity contribution in [3.8, 4) is 6.07 Å². The van der Waals surface area contributed by atoms with Crippen molar-refractivity contribution in [3.63, 3.8) is 0 Å². The first-order chi connectivity index (χ1) is 10.3. The predicted molar refractivity (Wildman–Crippen MR) is 82.7 cm³/mol. The molecule has 3 nitrogen and oxygen atoms in total. The van der Waals surface area contributed by atoms with Gasteiger partial charge in [-0.1, -0.05) is 42.5 Å². The summed E-state index contributed by atoms with van der Waals surface area (Å²) in [6.07, 6.45) is 1.63. The van der Waals surface area contributed by atoms with Crippen molar-refractivity contribution >= 4 is 5.69 Å². The Balaban J connectivity index is 1.68. The van der Waals surface area contributed by atoms with Crippen molar-refractivity contribution in [2.24, 2.45) is 0 Å². The summed E-state index contributed by atoms with van der Waals surface area (Å²) in [7, 11) is 0. The van der Waals surface area contributed by atoms with Crippen molar-refractivity contribution in [2.45, 2.75) is 30.9 Å². The van der Waals surface area contributed by atoms with E-state index in [9.17, 15) is 5.26 Å². The predicted octanol–water partition coefficient (Wildman–Crippen LogP) is 3.21. The van der Waals surface area contributed by atoms with Crippen molar-refractivity contribution in [1.29, 1.82) is 5.26 Å². The highest BCUT2D eigenvalue weighted by atomic mass is 16.3. The number of hydrogen-bond acceptors (Lipinski definition) is 3. The Morgan fingerprint density at radius 1 is 1.14 bits per heavy atom. The summed E-state index contributed by atoms with van der Waals surface area (Å²) in [4.78, 5) is 0. The molecule has 2 aromatic carbocycles. The minimum atomic E-state index is -0.354. The van der Waals surface area contributed by atoms with E-state index in [4.69, 9.17) is 5.11 Å². The lowest BCUT2D eigenvalue weighted by Gasteiger charge is -2.43. The highest BCUT2D eigenvalue weighted by Gasteiger charge is 2.46. The second-order valence-electron chi connectivity index (χ2n) is 5.67. The van der Waals surface area contributed by atoms with E-state index >= 15 is 0 Å². The molecule has 0 heterocycles. The molecule has 106 valence electrons. The van der Waals surface area contributed by atoms with Gasteiger partial charge >= 0.3 is 0 Å². The van der Waals surface area contributed by atoms with E-state index in [-0.39, 0.29) is 12.0 Å². The van der Waals surface area contributed by atoms with Gasteiger partial charge in [0.1, 0.15) is 0 Å². The Morgan fingerprint density at radius 2 is 1.90 bits per heavy atom. The first kappa shape index (κ1) is 13.7. The Bertz CT molecular complexity index is 654. The SMILES string of the molecule is N#CC1(c2ccccc2)CC(Nc2cccc(CO)c2)C1. The van der Waals surface area contributed by atoms with E-state index in [2.05, 4.69) is 11.4 Å². The lowest BCUT2D eigenvalue weighted by Crippen LogP contribution is -2.47. The van der Waals surface area contributed by atoms with Gasteiger partial charge in [-0.25, -0.2) is 0 Å². The Labute approximate surface area is 124 Å². The molecule has 0 unspecified atom stereocenters. The molecule has 0 bridgehead atoms. The number of aliphatic hydroxyl groups is 1. The van der Waals surface area contributed by atoms with E-state index < -0.39 is 0 Å². The summed E-state index contributed by atoms with van der Waals surface area (Å²) < 4.78 is 0. The smallest absolute Gasteiger partial charge is 0.0861 e. The molecular weight excluding hydrogens is 260 g/mol. The van der Waals surface area contributed by atoms with Gasteiger partial charge in [-0.3, -0.25) is 0 Å². The summed E-state index contributed by atoms with van der Waals surface area (Å²) in [5, 5.41) is 22.2. The first-order valence-corrected chi connectivity index (χ1v) is 7.19. The second-order valence-corrected chi connectivity index (χ2v) is 5.67. The lowest BCUT2D eigenvalue weighted by molar-refractivity contribution is 0.281. The lowest BCUT2D eigenvalue weighted by atomic mass is 9.62. The summed E-state index contributed by atoms with van der Waals surface area (Å²) in [5.74, 6) is 0. The van der Waals surface area contributed by atoms with Crippen LogP contribution in [0.4, 0.5) is 5.69 Å². The number of benzene rings is 2. The summed E-state index contributed by atoms with van der Waals surface area (Å²) in [6, 6.07) is 20.6. The minimum Gasteiger partial charge on any atom is -0.392 e. The van der Waals surface area contributed by atoms with Crippen molar-refractivity contribution in [3.05, 3.63) is 65.7 Å². The first-order valence-electron chi connectivity index (χ1n) is 7.19. The molecule has 1 saturated carbocycles. The molecule has 0 aromatic heterocycles. The molecule has 3 heteroatoms. The molecule has 1 aliphatic rings. The molecule has 0 atom stereocenters. The van der Waals surface area contributed by atoms with Crippen LogP contribution in [-0.4, -0.2) is 11.1 Å². The number of hydrogen-bond donors (Lipinski definition) is 2. The average Bonchev–Trinajstić information content (AvgIpc) is 2.51. The minimum absolute atomic E-state index is 0.0480. The molecule has 2 aromatic rings. The zero-order valence-electron chi connectivity index (χ0n) is 11.8. The topological polar surface area (TPSA) is 56.0 Å². The van der Waals surface area contributed by atoms with Gasteiger partial charge in [-0.05, 0) is 36.1 Å². The molecule has 3 rings (SSSR count). The van der Waals surface area contributed by atoms with E-state index in [1.54, 1.807) is 0 Å². The van der Waals surface area contributed by atoms with Crippen LogP contribution >= 0.6 is 0 Å². The largest absolute Gasteiger partial charge is 0.392 e. The quantitative estimate of drug-likeness (QED) is 0.903. The monoisotopic (exact) mass is 278 g/mol. The number of nitrogens with zero attached hydrogens (tertiary/aromatic N) is 1. The van der Waals surface area contributed by atoms with Crippen LogP contribution in [0.5, 0.6) is 0 Å². The van der Waals surface area contributed by atoms with Crippen LogP contribution in [0.25, 0.3) is 0 Å². The fraction of sp³-hybridized carbons (Fsp3) is 0.278. The van der Waals surface area contributed by atoms with Crippen molar-refractivity contribution < 1.29 is 5.11 Å². The third-order valence-electron chi connectivity index (χ3n) is 4.21. The van der Waals surface area contributed by atoms with Crippen LogP contribution in [0.2, 0.25) is 0 Å². The van der Waals surface area contributed by atoms with Gasteiger partial charge in [0, 0.05) is 11.7 Å². The normalized spacial score (nSPS) is 23.9. The molecular formula is C18H18N2O. The van der Waals surface area contributed by atoms with Crippen LogP contribution < -0.4 is 5.32 Å². The standard InChI is InChI=1S/C18H18N2O/c19-13-18(15-6-2-1-3-7-15)10-17(11-18)20-16-8-4-5-14(9-16)12-21/h1-9,17,20-21H,10-12H2. The fourth-order valence-electron chi connectivity index (χ4n) is 3.03. The molecule has 0 amide bonds. The highest BCUT2D eigenvalue weighted by molar-refractivity contribution is 5.49. The third-order valence-corrected chi connectivity index (χ3v) is 4.21. The third kappa shape index (κ3) is 2.63. The van der Waals surface area contributed by atoms with E-state index in [1.807, 2.05) is 54.6 Å². The van der Waals surface area contributed by atoms with Gasteiger partial charge in [0.25, 0.3) is 0 Å². The van der Waals surface area contributed by atoms with Gasteiger partial charge in [-0.15, -0.1) is 0 Å². The second kappa shape index (κ2) is 5.59. The van der Waals surface area contributed by atoms with Crippen LogP contribution in [0, 0.1) is 11.3 Å². The maximum absolute atomic E-state index is 9.55. The Hall–Kier alpha value is -2.31. The highest BCUT2D eigenvalue weighted by Crippen LogP contribution is 2.44. The van der Waals surface area contributed by atoms with Gasteiger partial charge in [0.2, 0.25) is 0 Å². The van der Waals surface area contributed by atoms with Gasteiger partial charge < -0.3 is 10.4 Å². The number of rotatable bonds is 4. The van der Waals surface area contributed by atoms with Crippen LogP contribution in [0.1, 0.15) is 24.0 Å². The van der Waals surface area contributed by atoms with Gasteiger partial charge in [0.05, 0.1) is 18.1 Å². The Morgan fingerprint density at radius 3 is 2.57 bits per heavy atom. The van der Waals surface area contributed by atoms with Crippen LogP contribution in [0.15, 0.2) is 54.6 Å². The zero-order chi connectivity index (χ0) is 14.7. The molecule has 0 radical (unpaired) electrons. The number of nitriles is 1. The molecule has 2 N–H and O–H groups in total. The van der Waals surface area contributed by atoms with Crippen molar-refractivity contribution in [2.75, 3.05) is 5.32 Å². The molecule has 1 fully saturated rings. The number of aliphatic hydroxyl groups excluding tert-OH is 1. The average molecular weight is 278 g/mol. The maximum Gasteiger partial charge on any atom is 0.0861 e. The molecule has 1 aliphatic carbocycles. The number of nitrogens with one attached hydrogen (secondary N) is 1. The molecule has 0 aliphatic heterocycles. The zero-order valence-corrected chi connectivity index (χ0v) is 11.8. The van der Waals surface area contributed by atoms with Crippen molar-refractivity contribution in [1.82, 2.24) is 0 Å². The van der Waals surface area contributed by atoms with Gasteiger partial charge in [0.15, 0.2) is 0 Å². The Kier molecular flexibility index (Phi) is 3.64. The van der Waals surface area contributed by atoms with Gasteiger partial charge in [-0.2, -0.15) is 5.26 Å². The summed E-state index contributed by atoms with van der Waals surface area (Å²) >= 11 is 0. The van der Waals surface area contributed by atoms with E-state index in [0.29, 0.717) is 6.04 Å².